The van der Waals surface area contributed by atoms with Gasteiger partial charge in [0.1, 0.15) is 11.6 Å². The topological polar surface area (TPSA) is 101 Å². The quantitative estimate of drug-likeness (QED) is 0.240. The highest BCUT2D eigenvalue weighted by atomic mass is 32.1. The van der Waals surface area contributed by atoms with Crippen molar-refractivity contribution < 1.29 is 28.0 Å². The highest BCUT2D eigenvalue weighted by Crippen LogP contribution is 2.42. The van der Waals surface area contributed by atoms with Crippen molar-refractivity contribution in [2.24, 2.45) is 0 Å². The van der Waals surface area contributed by atoms with Gasteiger partial charge < -0.3 is 0 Å². The van der Waals surface area contributed by atoms with Crippen LogP contribution >= 0.6 is 22.7 Å². The number of nitrogens with zero attached hydrogens (tertiary/aromatic N) is 4. The molecule has 0 N–H and O–H groups in total. The summed E-state index contributed by atoms with van der Waals surface area (Å²) < 4.78 is 28.4. The van der Waals surface area contributed by atoms with Gasteiger partial charge in [0.25, 0.3) is 23.6 Å². The molecule has 0 bridgehead atoms. The Morgan fingerprint density at radius 2 is 0.875 bits per heavy atom. The molecule has 0 fully saturated rings. The van der Waals surface area contributed by atoms with Crippen molar-refractivity contribution in [1.29, 1.82) is 0 Å². The third-order valence-electron chi connectivity index (χ3n) is 6.96. The Hall–Kier alpha value is -4.94. The van der Waals surface area contributed by atoms with Gasteiger partial charge in [-0.2, -0.15) is 0 Å². The van der Waals surface area contributed by atoms with E-state index in [0.29, 0.717) is 20.4 Å². The molecule has 0 saturated carbocycles. The lowest BCUT2D eigenvalue weighted by molar-refractivity contribution is 0.0873. The molecule has 0 radical (unpaired) electrons. The zero-order valence-corrected chi connectivity index (χ0v) is 21.4. The minimum atomic E-state index is -0.670. The van der Waals surface area contributed by atoms with Crippen molar-refractivity contribution in [1.82, 2.24) is 9.97 Å². The highest BCUT2D eigenvalue weighted by molar-refractivity contribution is 7.23. The van der Waals surface area contributed by atoms with Gasteiger partial charge in [-0.25, -0.2) is 28.5 Å². The molecular weight excluding hydrogens is 558 g/mol. The number of imide groups is 2. The maximum atomic E-state index is 13.7. The van der Waals surface area contributed by atoms with E-state index in [9.17, 15) is 28.0 Å². The summed E-state index contributed by atoms with van der Waals surface area (Å²) in [5, 5.41) is 0.586. The monoisotopic (exact) mass is 568 g/mol. The van der Waals surface area contributed by atoms with Crippen LogP contribution in [0.25, 0.3) is 31.2 Å². The number of carbonyl (C=O) groups excluding carboxylic acids is 4. The molecule has 8 rings (SSSR count). The maximum absolute atomic E-state index is 13.7. The van der Waals surface area contributed by atoms with Crippen molar-refractivity contribution in [2.45, 2.75) is 0 Å². The summed E-state index contributed by atoms with van der Waals surface area (Å²) in [6, 6.07) is 13.7. The van der Waals surface area contributed by atoms with Gasteiger partial charge in [-0.05, 0) is 60.7 Å². The Morgan fingerprint density at radius 1 is 0.525 bits per heavy atom. The molecule has 6 aromatic rings. The maximum Gasteiger partial charge on any atom is 0.267 e. The SMILES string of the molecule is O=C1c2ccc3c4c(ccc(c24)C(=O)N1c1nc2ccc(F)cc2s1)C(=O)N(c1nc2ccc(F)cc2s1)C3=O. The largest absolute Gasteiger partial charge is 0.268 e. The summed E-state index contributed by atoms with van der Waals surface area (Å²) in [5.41, 5.74) is 1.39. The summed E-state index contributed by atoms with van der Waals surface area (Å²) in [6.45, 7) is 0. The number of rotatable bonds is 2. The Bertz CT molecular complexity index is 1980. The van der Waals surface area contributed by atoms with Crippen LogP contribution < -0.4 is 9.80 Å². The second-order valence-electron chi connectivity index (χ2n) is 9.18. The average molecular weight is 569 g/mol. The second kappa shape index (κ2) is 7.81. The van der Waals surface area contributed by atoms with Gasteiger partial charge >= 0.3 is 0 Å². The minimum Gasteiger partial charge on any atom is -0.268 e. The first-order chi connectivity index (χ1) is 19.3. The van der Waals surface area contributed by atoms with Gasteiger partial charge in [0, 0.05) is 33.0 Å². The number of benzene rings is 4. The van der Waals surface area contributed by atoms with Crippen molar-refractivity contribution in [2.75, 3.05) is 9.80 Å². The minimum absolute atomic E-state index is 0.0836. The van der Waals surface area contributed by atoms with Crippen LogP contribution in [0.3, 0.4) is 0 Å². The van der Waals surface area contributed by atoms with Gasteiger partial charge in [-0.3, -0.25) is 19.2 Å². The van der Waals surface area contributed by atoms with Crippen LogP contribution in [0.5, 0.6) is 0 Å². The van der Waals surface area contributed by atoms with Crippen LogP contribution in [-0.4, -0.2) is 33.6 Å². The lowest BCUT2D eigenvalue weighted by atomic mass is 9.86. The number of thiazole rings is 2. The number of halogens is 2. The molecule has 0 atom stereocenters. The van der Waals surface area contributed by atoms with E-state index in [0.717, 1.165) is 32.5 Å². The second-order valence-corrected chi connectivity index (χ2v) is 11.2. The zero-order valence-electron chi connectivity index (χ0n) is 19.8. The van der Waals surface area contributed by atoms with Crippen LogP contribution in [0.15, 0.2) is 60.7 Å². The molecule has 2 aliphatic heterocycles. The smallest absolute Gasteiger partial charge is 0.267 e. The van der Waals surface area contributed by atoms with Gasteiger partial charge in [-0.1, -0.05) is 22.7 Å². The van der Waals surface area contributed by atoms with Gasteiger partial charge in [0.05, 0.1) is 20.4 Å². The molecule has 192 valence electrons. The normalized spacial score (nSPS) is 14.8. The molecule has 0 aliphatic carbocycles. The van der Waals surface area contributed by atoms with E-state index in [1.807, 2.05) is 0 Å². The number of anilines is 2. The van der Waals surface area contributed by atoms with Crippen molar-refractivity contribution in [3.05, 3.63) is 94.6 Å². The number of amides is 4. The van der Waals surface area contributed by atoms with Crippen LogP contribution in [-0.2, 0) is 0 Å². The summed E-state index contributed by atoms with van der Waals surface area (Å²) in [4.78, 5) is 65.1. The summed E-state index contributed by atoms with van der Waals surface area (Å²) in [5.74, 6) is -3.62. The fourth-order valence-electron chi connectivity index (χ4n) is 5.19. The Morgan fingerprint density at radius 3 is 1.23 bits per heavy atom. The molecule has 0 unspecified atom stereocenters. The third kappa shape index (κ3) is 2.96. The first kappa shape index (κ1) is 23.0. The van der Waals surface area contributed by atoms with Crippen molar-refractivity contribution >= 4 is 87.8 Å². The Labute approximate surface area is 229 Å². The van der Waals surface area contributed by atoms with Crippen molar-refractivity contribution in [3.8, 4) is 0 Å². The van der Waals surface area contributed by atoms with Crippen molar-refractivity contribution in [3.63, 3.8) is 0 Å². The molecule has 12 heteroatoms. The fraction of sp³-hybridized carbons (Fsp3) is 0. The van der Waals surface area contributed by atoms with Gasteiger partial charge in [-0.15, -0.1) is 0 Å². The molecule has 2 aliphatic rings. The summed E-state index contributed by atoms with van der Waals surface area (Å²) >= 11 is 2.00. The van der Waals surface area contributed by atoms with E-state index < -0.39 is 35.3 Å². The number of aromatic nitrogens is 2. The van der Waals surface area contributed by atoms with Crippen LogP contribution in [0.1, 0.15) is 41.4 Å². The third-order valence-corrected chi connectivity index (χ3v) is 8.96. The highest BCUT2D eigenvalue weighted by Gasteiger charge is 2.42. The van der Waals surface area contributed by atoms with Gasteiger partial charge in [0.15, 0.2) is 0 Å². The lowest BCUT2D eigenvalue weighted by Gasteiger charge is -2.30. The van der Waals surface area contributed by atoms with Crippen LogP contribution in [0, 0.1) is 11.6 Å². The standard InChI is InChI=1S/C28H10F2N4O4S2/c29-11-1-7-17-19(9-11)39-27(31-17)33-23(35)13-3-5-15-22-16(6-4-14(21(13)22)24(33)36)26(38)34(25(15)37)28-32-18-8-2-12(30)10-20(18)40-28/h1-10H. The average Bonchev–Trinajstić information content (AvgIpc) is 3.53. The fourth-order valence-corrected chi connectivity index (χ4v) is 7.16. The molecule has 4 amide bonds. The molecule has 2 aromatic heterocycles. The van der Waals surface area contributed by atoms with E-state index in [4.69, 9.17) is 0 Å². The Kier molecular flexibility index (Phi) is 4.49. The van der Waals surface area contributed by atoms with Gasteiger partial charge in [0.2, 0.25) is 10.3 Å². The predicted octanol–water partition coefficient (Wildman–Crippen LogP) is 5.94. The predicted molar refractivity (Wildman–Crippen MR) is 145 cm³/mol. The van der Waals surface area contributed by atoms with Crippen LogP contribution in [0.2, 0.25) is 0 Å². The lowest BCUT2D eigenvalue weighted by Crippen LogP contribution is -2.43. The number of hydrogen-bond donors (Lipinski definition) is 0. The summed E-state index contributed by atoms with van der Waals surface area (Å²) in [7, 11) is 0. The van der Waals surface area contributed by atoms with E-state index in [1.165, 1.54) is 60.7 Å². The number of hydrogen-bond acceptors (Lipinski definition) is 8. The molecule has 0 saturated heterocycles. The molecule has 4 aromatic carbocycles. The van der Waals surface area contributed by atoms with E-state index in [-0.39, 0.29) is 43.3 Å². The molecule has 0 spiro atoms. The first-order valence-electron chi connectivity index (χ1n) is 11.8. The first-order valence-corrected chi connectivity index (χ1v) is 13.4. The van der Waals surface area contributed by atoms with Crippen LogP contribution in [0.4, 0.5) is 19.0 Å². The summed E-state index contributed by atoms with van der Waals surface area (Å²) in [6.07, 6.45) is 0. The molecule has 8 nitrogen and oxygen atoms in total. The molecule has 40 heavy (non-hydrogen) atoms. The van der Waals surface area contributed by atoms with E-state index in [1.54, 1.807) is 0 Å². The number of carbonyl (C=O) groups is 4. The molecular formula is C28H10F2N4O4S2. The van der Waals surface area contributed by atoms with E-state index in [2.05, 4.69) is 9.97 Å². The Balaban J connectivity index is 1.28. The van der Waals surface area contributed by atoms with E-state index >= 15 is 0 Å². The number of fused-ring (bicyclic) bond motifs is 2. The zero-order chi connectivity index (χ0) is 27.4. The molecule has 4 heterocycles.